The molecule has 15 heavy (non-hydrogen) atoms. The molecule has 0 aliphatic carbocycles. The Morgan fingerprint density at radius 3 is 2.87 bits per heavy atom. The topological polar surface area (TPSA) is 56.4 Å². The number of nitrogens with zero attached hydrogens (tertiary/aromatic N) is 2. The van der Waals surface area contributed by atoms with Gasteiger partial charge in [0.05, 0.1) is 5.84 Å². The number of hydrogen-bond acceptors (Lipinski definition) is 3. The number of rotatable bonds is 4. The molecule has 4 nitrogen and oxygen atoms in total. The fraction of sp³-hybridized carbons (Fsp3) is 0.909. The normalized spacial score (nSPS) is 25.5. The predicted octanol–water partition coefficient (Wildman–Crippen LogP) is 0.584. The van der Waals surface area contributed by atoms with Gasteiger partial charge in [-0.25, -0.2) is 0 Å². The maximum Gasteiger partial charge on any atom is 0.0947 e. The van der Waals surface area contributed by atoms with E-state index in [0.29, 0.717) is 11.9 Å². The summed E-state index contributed by atoms with van der Waals surface area (Å²) in [5.74, 6) is 0.466. The second-order valence-electron chi connectivity index (χ2n) is 4.85. The molecule has 2 atom stereocenters. The van der Waals surface area contributed by atoms with Crippen molar-refractivity contribution in [3.8, 4) is 0 Å². The van der Waals surface area contributed by atoms with E-state index >= 15 is 0 Å². The zero-order chi connectivity index (χ0) is 11.4. The van der Waals surface area contributed by atoms with Crippen molar-refractivity contribution in [1.29, 1.82) is 5.41 Å². The third-order valence-electron chi connectivity index (χ3n) is 3.32. The van der Waals surface area contributed by atoms with Crippen LogP contribution in [0.3, 0.4) is 0 Å². The van der Waals surface area contributed by atoms with Crippen LogP contribution in [0.25, 0.3) is 0 Å². The molecular weight excluding hydrogens is 188 g/mol. The number of hydrogen-bond donors (Lipinski definition) is 2. The largest absolute Gasteiger partial charge is 0.387 e. The van der Waals surface area contributed by atoms with E-state index in [1.54, 1.807) is 0 Å². The molecule has 0 saturated carbocycles. The van der Waals surface area contributed by atoms with Gasteiger partial charge in [-0.05, 0) is 33.5 Å². The second kappa shape index (κ2) is 5.47. The minimum absolute atomic E-state index is 0.169. The Morgan fingerprint density at radius 2 is 2.33 bits per heavy atom. The fourth-order valence-corrected chi connectivity index (χ4v) is 2.18. The molecule has 0 bridgehead atoms. The summed E-state index contributed by atoms with van der Waals surface area (Å²) in [7, 11) is 4.32. The molecule has 1 aliphatic heterocycles. The molecule has 2 unspecified atom stereocenters. The highest BCUT2D eigenvalue weighted by Crippen LogP contribution is 2.14. The summed E-state index contributed by atoms with van der Waals surface area (Å²) >= 11 is 0. The van der Waals surface area contributed by atoms with Crippen LogP contribution in [0.4, 0.5) is 0 Å². The van der Waals surface area contributed by atoms with Crippen molar-refractivity contribution in [2.75, 3.05) is 33.7 Å². The predicted molar refractivity (Wildman–Crippen MR) is 64.2 cm³/mol. The van der Waals surface area contributed by atoms with Crippen molar-refractivity contribution in [2.45, 2.75) is 25.8 Å². The Bertz CT molecular complexity index is 217. The fourth-order valence-electron chi connectivity index (χ4n) is 2.18. The van der Waals surface area contributed by atoms with Crippen molar-refractivity contribution >= 4 is 5.84 Å². The highest BCUT2D eigenvalue weighted by molar-refractivity contribution is 5.79. The summed E-state index contributed by atoms with van der Waals surface area (Å²) in [4.78, 5) is 4.73. The maximum atomic E-state index is 7.39. The Kier molecular flexibility index (Phi) is 4.54. The zero-order valence-electron chi connectivity index (χ0n) is 10.2. The quantitative estimate of drug-likeness (QED) is 0.529. The van der Waals surface area contributed by atoms with Crippen molar-refractivity contribution in [3.63, 3.8) is 0 Å². The molecule has 0 radical (unpaired) electrons. The minimum atomic E-state index is 0.169. The molecule has 0 amide bonds. The van der Waals surface area contributed by atoms with Gasteiger partial charge in [-0.1, -0.05) is 6.92 Å². The van der Waals surface area contributed by atoms with E-state index in [1.165, 1.54) is 19.4 Å². The molecular formula is C11H24N4. The molecule has 88 valence electrons. The summed E-state index contributed by atoms with van der Waals surface area (Å²) < 4.78 is 0. The number of nitrogens with one attached hydrogen (secondary N) is 1. The van der Waals surface area contributed by atoms with Crippen LogP contribution in [0, 0.1) is 11.3 Å². The highest BCUT2D eigenvalue weighted by atomic mass is 15.2. The molecule has 1 fully saturated rings. The highest BCUT2D eigenvalue weighted by Gasteiger charge is 2.22. The molecule has 0 aromatic heterocycles. The summed E-state index contributed by atoms with van der Waals surface area (Å²) in [6, 6.07) is 0.630. The summed E-state index contributed by atoms with van der Waals surface area (Å²) in [6.07, 6.45) is 2.55. The molecule has 0 aromatic carbocycles. The van der Waals surface area contributed by atoms with E-state index in [0.717, 1.165) is 13.1 Å². The SMILES string of the molecule is CC(CN(C)C1CCCN(C)C1)C(=N)N. The van der Waals surface area contributed by atoms with Gasteiger partial charge in [-0.15, -0.1) is 0 Å². The van der Waals surface area contributed by atoms with E-state index in [4.69, 9.17) is 11.1 Å². The average Bonchev–Trinajstić information content (AvgIpc) is 2.17. The number of amidine groups is 1. The first kappa shape index (κ1) is 12.5. The number of nitrogens with two attached hydrogens (primary N) is 1. The lowest BCUT2D eigenvalue weighted by Crippen LogP contribution is -2.47. The van der Waals surface area contributed by atoms with Crippen molar-refractivity contribution in [2.24, 2.45) is 11.7 Å². The van der Waals surface area contributed by atoms with Gasteiger partial charge < -0.3 is 15.5 Å². The summed E-state index contributed by atoms with van der Waals surface area (Å²) in [5.41, 5.74) is 5.49. The van der Waals surface area contributed by atoms with Crippen LogP contribution < -0.4 is 5.73 Å². The molecule has 1 saturated heterocycles. The van der Waals surface area contributed by atoms with E-state index < -0.39 is 0 Å². The molecule has 0 aromatic rings. The number of piperidine rings is 1. The Balaban J connectivity index is 2.38. The van der Waals surface area contributed by atoms with Crippen LogP contribution in [-0.2, 0) is 0 Å². The van der Waals surface area contributed by atoms with E-state index in [9.17, 15) is 0 Å². The van der Waals surface area contributed by atoms with Gasteiger partial charge >= 0.3 is 0 Å². The van der Waals surface area contributed by atoms with Gasteiger partial charge in [0.15, 0.2) is 0 Å². The van der Waals surface area contributed by atoms with E-state index in [-0.39, 0.29) is 5.92 Å². The van der Waals surface area contributed by atoms with Crippen molar-refractivity contribution < 1.29 is 0 Å². The number of likely N-dealkylation sites (N-methyl/N-ethyl adjacent to an activating group) is 2. The third-order valence-corrected chi connectivity index (χ3v) is 3.32. The van der Waals surface area contributed by atoms with Crippen LogP contribution in [0.15, 0.2) is 0 Å². The van der Waals surface area contributed by atoms with Crippen molar-refractivity contribution in [3.05, 3.63) is 0 Å². The lowest BCUT2D eigenvalue weighted by Gasteiger charge is -2.36. The molecule has 3 N–H and O–H groups in total. The van der Waals surface area contributed by atoms with Crippen LogP contribution in [-0.4, -0.2) is 55.4 Å². The van der Waals surface area contributed by atoms with Crippen LogP contribution in [0.5, 0.6) is 0 Å². The zero-order valence-corrected chi connectivity index (χ0v) is 10.2. The first-order valence-corrected chi connectivity index (χ1v) is 5.73. The van der Waals surface area contributed by atoms with Gasteiger partial charge in [0.25, 0.3) is 0 Å². The van der Waals surface area contributed by atoms with Gasteiger partial charge in [0, 0.05) is 25.0 Å². The van der Waals surface area contributed by atoms with Gasteiger partial charge in [-0.3, -0.25) is 5.41 Å². The van der Waals surface area contributed by atoms with E-state index in [2.05, 4.69) is 23.9 Å². The maximum absolute atomic E-state index is 7.39. The van der Waals surface area contributed by atoms with Crippen molar-refractivity contribution in [1.82, 2.24) is 9.80 Å². The van der Waals surface area contributed by atoms with Crippen LogP contribution in [0.1, 0.15) is 19.8 Å². The standard InChI is InChI=1S/C11H24N4/c1-9(11(12)13)7-15(3)10-5-4-6-14(2)8-10/h9-10H,4-8H2,1-3H3,(H3,12,13). The third kappa shape index (κ3) is 3.80. The lowest BCUT2D eigenvalue weighted by molar-refractivity contribution is 0.129. The monoisotopic (exact) mass is 212 g/mol. The molecule has 1 aliphatic rings. The van der Waals surface area contributed by atoms with Crippen LogP contribution >= 0.6 is 0 Å². The lowest BCUT2D eigenvalue weighted by atomic mass is 10.0. The molecule has 0 spiro atoms. The smallest absolute Gasteiger partial charge is 0.0947 e. The average molecular weight is 212 g/mol. The first-order chi connectivity index (χ1) is 7.00. The second-order valence-corrected chi connectivity index (χ2v) is 4.85. The summed E-state index contributed by atoms with van der Waals surface area (Å²) in [6.45, 7) is 5.27. The Hall–Kier alpha value is -0.610. The van der Waals surface area contributed by atoms with Crippen LogP contribution in [0.2, 0.25) is 0 Å². The molecule has 1 heterocycles. The first-order valence-electron chi connectivity index (χ1n) is 5.73. The van der Waals surface area contributed by atoms with Gasteiger partial charge in [-0.2, -0.15) is 0 Å². The summed E-state index contributed by atoms with van der Waals surface area (Å²) in [5, 5.41) is 7.39. The van der Waals surface area contributed by atoms with Gasteiger partial charge in [0.2, 0.25) is 0 Å². The van der Waals surface area contributed by atoms with E-state index in [1.807, 2.05) is 6.92 Å². The minimum Gasteiger partial charge on any atom is -0.387 e. The van der Waals surface area contributed by atoms with Gasteiger partial charge in [0.1, 0.15) is 0 Å². The molecule has 1 rings (SSSR count). The Morgan fingerprint density at radius 1 is 1.67 bits per heavy atom. The Labute approximate surface area is 92.9 Å². The number of likely N-dealkylation sites (tertiary alicyclic amines) is 1. The molecule has 4 heteroatoms.